The molecule has 2 unspecified atom stereocenters. The number of phenols is 1. The first-order valence-electron chi connectivity index (χ1n) is 12.7. The van der Waals surface area contributed by atoms with Crippen molar-refractivity contribution in [2.75, 3.05) is 6.61 Å². The van der Waals surface area contributed by atoms with Gasteiger partial charge in [-0.05, 0) is 73.2 Å². The third-order valence-corrected chi connectivity index (χ3v) is 8.10. The summed E-state index contributed by atoms with van der Waals surface area (Å²) >= 11 is 6.17. The molecular weight excluding hydrogens is 507 g/mol. The van der Waals surface area contributed by atoms with Crippen LogP contribution in [-0.4, -0.2) is 11.7 Å². The summed E-state index contributed by atoms with van der Waals surface area (Å²) in [5.41, 5.74) is 5.59. The predicted octanol–water partition coefficient (Wildman–Crippen LogP) is 9.45. The maximum absolute atomic E-state index is 13.8. The molecule has 196 valence electrons. The van der Waals surface area contributed by atoms with Crippen LogP contribution in [-0.2, 0) is 20.0 Å². The predicted molar refractivity (Wildman–Crippen MR) is 150 cm³/mol. The lowest BCUT2D eigenvalue weighted by Gasteiger charge is -2.30. The molecule has 0 radical (unpaired) electrons. The highest BCUT2D eigenvalue weighted by atomic mass is 35.5. The molecule has 1 aliphatic heterocycles. The SMILES string of the molecule is C=C(C)c1ccc(C)cc1-c1c(O)cc(CCCCC)cc1OP1(=O)OCCC(c2cccc(Cl)c2)O1. The van der Waals surface area contributed by atoms with Gasteiger partial charge in [0.2, 0.25) is 0 Å². The van der Waals surface area contributed by atoms with E-state index in [2.05, 4.69) is 13.5 Å². The molecule has 0 saturated carbocycles. The largest absolute Gasteiger partial charge is 0.530 e. The van der Waals surface area contributed by atoms with Gasteiger partial charge in [-0.2, -0.15) is 0 Å². The zero-order valence-electron chi connectivity index (χ0n) is 21.6. The number of rotatable bonds is 9. The van der Waals surface area contributed by atoms with E-state index in [0.29, 0.717) is 17.0 Å². The molecule has 1 aliphatic rings. The molecular formula is C30H34ClO5P. The van der Waals surface area contributed by atoms with Crippen LogP contribution < -0.4 is 4.52 Å². The van der Waals surface area contributed by atoms with E-state index in [1.54, 1.807) is 18.2 Å². The van der Waals surface area contributed by atoms with Gasteiger partial charge in [0.25, 0.3) is 0 Å². The van der Waals surface area contributed by atoms with Crippen LogP contribution in [0.1, 0.15) is 67.9 Å². The minimum absolute atomic E-state index is 0.0482. The van der Waals surface area contributed by atoms with Crippen molar-refractivity contribution < 1.29 is 23.2 Å². The molecule has 0 bridgehead atoms. The molecule has 0 spiro atoms. The number of allylic oxidation sites excluding steroid dienone is 1. The summed E-state index contributed by atoms with van der Waals surface area (Å²) < 4.78 is 31.5. The molecule has 1 fully saturated rings. The van der Waals surface area contributed by atoms with Gasteiger partial charge in [-0.25, -0.2) is 4.57 Å². The third-order valence-electron chi connectivity index (χ3n) is 6.43. The molecule has 5 nitrogen and oxygen atoms in total. The highest BCUT2D eigenvalue weighted by Gasteiger charge is 2.39. The molecule has 1 N–H and O–H groups in total. The Balaban J connectivity index is 1.77. The number of phosphoric ester groups is 1. The van der Waals surface area contributed by atoms with Gasteiger partial charge < -0.3 is 9.63 Å². The molecule has 2 atom stereocenters. The van der Waals surface area contributed by atoms with E-state index < -0.39 is 13.9 Å². The first-order valence-corrected chi connectivity index (χ1v) is 14.5. The molecule has 3 aromatic rings. The normalized spacial score (nSPS) is 19.5. The molecule has 0 amide bonds. The molecule has 3 aromatic carbocycles. The minimum atomic E-state index is -4.02. The molecule has 1 saturated heterocycles. The van der Waals surface area contributed by atoms with Crippen LogP contribution in [0, 0.1) is 6.92 Å². The van der Waals surface area contributed by atoms with E-state index in [1.807, 2.05) is 50.2 Å². The average Bonchev–Trinajstić information content (AvgIpc) is 2.83. The second kappa shape index (κ2) is 11.9. The van der Waals surface area contributed by atoms with Crippen LogP contribution >= 0.6 is 19.4 Å². The molecule has 7 heteroatoms. The Kier molecular flexibility index (Phi) is 8.82. The van der Waals surface area contributed by atoms with Crippen molar-refractivity contribution in [1.29, 1.82) is 0 Å². The van der Waals surface area contributed by atoms with E-state index in [1.165, 1.54) is 0 Å². The van der Waals surface area contributed by atoms with E-state index in [4.69, 9.17) is 25.2 Å². The van der Waals surface area contributed by atoms with E-state index in [0.717, 1.165) is 59.1 Å². The van der Waals surface area contributed by atoms with Crippen LogP contribution in [0.2, 0.25) is 5.02 Å². The smallest absolute Gasteiger partial charge is 0.507 e. The average molecular weight is 541 g/mol. The first kappa shape index (κ1) is 27.5. The lowest BCUT2D eigenvalue weighted by molar-refractivity contribution is 0.0510. The number of unbranched alkanes of at least 4 members (excludes halogenated alkanes) is 2. The van der Waals surface area contributed by atoms with Crippen LogP contribution in [0.4, 0.5) is 0 Å². The van der Waals surface area contributed by atoms with Crippen LogP contribution in [0.15, 0.2) is 61.2 Å². The van der Waals surface area contributed by atoms with Crippen molar-refractivity contribution in [3.05, 3.63) is 88.5 Å². The van der Waals surface area contributed by atoms with Crippen molar-refractivity contribution in [2.45, 2.75) is 59.0 Å². The second-order valence-electron chi connectivity index (χ2n) is 9.58. The number of phosphoric acid groups is 1. The number of halogens is 1. The summed E-state index contributed by atoms with van der Waals surface area (Å²) in [5, 5.41) is 11.8. The fourth-order valence-corrected chi connectivity index (χ4v) is 6.18. The second-order valence-corrected chi connectivity index (χ2v) is 11.6. The number of phenolic OH excluding ortho intramolecular Hbond substituents is 1. The third kappa shape index (κ3) is 6.66. The highest BCUT2D eigenvalue weighted by molar-refractivity contribution is 7.49. The number of aryl methyl sites for hydroxylation is 2. The molecule has 37 heavy (non-hydrogen) atoms. The zero-order valence-corrected chi connectivity index (χ0v) is 23.3. The number of benzene rings is 3. The van der Waals surface area contributed by atoms with Crippen molar-refractivity contribution in [3.8, 4) is 22.6 Å². The molecule has 4 rings (SSSR count). The highest BCUT2D eigenvalue weighted by Crippen LogP contribution is 2.59. The van der Waals surface area contributed by atoms with Crippen molar-refractivity contribution in [1.82, 2.24) is 0 Å². The van der Waals surface area contributed by atoms with Gasteiger partial charge in [-0.15, -0.1) is 0 Å². The van der Waals surface area contributed by atoms with Gasteiger partial charge in [0.1, 0.15) is 11.5 Å². The Morgan fingerprint density at radius 2 is 2.00 bits per heavy atom. The van der Waals surface area contributed by atoms with Crippen LogP contribution in [0.25, 0.3) is 16.7 Å². The fraction of sp³-hybridized carbons (Fsp3) is 0.333. The molecule has 0 aromatic heterocycles. The maximum atomic E-state index is 13.8. The number of hydrogen-bond acceptors (Lipinski definition) is 5. The Morgan fingerprint density at radius 3 is 2.73 bits per heavy atom. The van der Waals surface area contributed by atoms with Gasteiger partial charge in [0, 0.05) is 11.4 Å². The van der Waals surface area contributed by atoms with E-state index in [-0.39, 0.29) is 18.1 Å². The lowest BCUT2D eigenvalue weighted by atomic mass is 9.91. The Morgan fingerprint density at radius 1 is 1.19 bits per heavy atom. The fourth-order valence-electron chi connectivity index (χ4n) is 4.57. The monoisotopic (exact) mass is 540 g/mol. The summed E-state index contributed by atoms with van der Waals surface area (Å²) in [7, 11) is -4.02. The standard InChI is InChI=1S/C30H34ClO5P/c1-5-6-7-9-22-17-27(32)30(26-16-21(4)12-13-25(26)20(2)3)29(18-22)36-37(33)34-15-14-28(35-37)23-10-8-11-24(31)19-23/h8,10-13,16-19,28,32H,2,5-7,9,14-15H2,1,3-4H3. The molecule has 1 heterocycles. The van der Waals surface area contributed by atoms with Crippen molar-refractivity contribution in [2.24, 2.45) is 0 Å². The van der Waals surface area contributed by atoms with Gasteiger partial charge in [-0.1, -0.05) is 79.4 Å². The number of hydrogen-bond donors (Lipinski definition) is 1. The summed E-state index contributed by atoms with van der Waals surface area (Å²) in [6.07, 6.45) is 3.91. The number of aromatic hydroxyl groups is 1. The first-order chi connectivity index (χ1) is 17.7. The summed E-state index contributed by atoms with van der Waals surface area (Å²) in [4.78, 5) is 0. The summed E-state index contributed by atoms with van der Waals surface area (Å²) in [5.74, 6) is 0.307. The topological polar surface area (TPSA) is 65.0 Å². The van der Waals surface area contributed by atoms with Crippen molar-refractivity contribution in [3.63, 3.8) is 0 Å². The zero-order chi connectivity index (χ0) is 26.6. The quantitative estimate of drug-likeness (QED) is 0.216. The van der Waals surface area contributed by atoms with Gasteiger partial charge in [0.15, 0.2) is 0 Å². The Hall–Kier alpha value is -2.56. The van der Waals surface area contributed by atoms with Gasteiger partial charge in [-0.3, -0.25) is 9.05 Å². The van der Waals surface area contributed by atoms with Crippen LogP contribution in [0.5, 0.6) is 11.5 Å². The molecule has 0 aliphatic carbocycles. The van der Waals surface area contributed by atoms with Gasteiger partial charge in [0.05, 0.1) is 18.3 Å². The maximum Gasteiger partial charge on any atom is 0.530 e. The van der Waals surface area contributed by atoms with E-state index >= 15 is 0 Å². The van der Waals surface area contributed by atoms with Crippen molar-refractivity contribution >= 4 is 25.0 Å². The lowest BCUT2D eigenvalue weighted by Crippen LogP contribution is -2.17. The van der Waals surface area contributed by atoms with E-state index in [9.17, 15) is 9.67 Å². The Labute approximate surface area is 224 Å². The Bertz CT molecular complexity index is 1340. The summed E-state index contributed by atoms with van der Waals surface area (Å²) in [6, 6.07) is 16.8. The minimum Gasteiger partial charge on any atom is -0.507 e. The summed E-state index contributed by atoms with van der Waals surface area (Å²) in [6.45, 7) is 10.3. The van der Waals surface area contributed by atoms with Crippen LogP contribution in [0.3, 0.4) is 0 Å². The van der Waals surface area contributed by atoms with Gasteiger partial charge >= 0.3 is 7.82 Å².